The third kappa shape index (κ3) is 3.70. The first-order chi connectivity index (χ1) is 11.3. The van der Waals surface area contributed by atoms with Gasteiger partial charge in [-0.3, -0.25) is 0 Å². The van der Waals surface area contributed by atoms with E-state index in [0.717, 1.165) is 23.3 Å². The van der Waals surface area contributed by atoms with Gasteiger partial charge in [-0.05, 0) is 46.5 Å². The quantitative estimate of drug-likeness (QED) is 0.519. The highest BCUT2D eigenvalue weighted by atomic mass is 79.9. The summed E-state index contributed by atoms with van der Waals surface area (Å²) in [7, 11) is 0. The number of nitrogens with zero attached hydrogens (tertiary/aromatic N) is 3. The SMILES string of the molecule is Brc1ccc(CSc2nnc(C3CC3)n2Cc2ccccc2)s1. The maximum atomic E-state index is 4.48. The summed E-state index contributed by atoms with van der Waals surface area (Å²) >= 11 is 7.08. The fourth-order valence-corrected chi connectivity index (χ4v) is 5.00. The third-order valence-electron chi connectivity index (χ3n) is 3.84. The Morgan fingerprint density at radius 1 is 1.13 bits per heavy atom. The van der Waals surface area contributed by atoms with Gasteiger partial charge in [-0.1, -0.05) is 42.1 Å². The Morgan fingerprint density at radius 2 is 1.96 bits per heavy atom. The standard InChI is InChI=1S/C17H16BrN3S2/c18-15-9-8-14(23-15)11-22-17-20-19-16(13-6-7-13)21(17)10-12-4-2-1-3-5-12/h1-5,8-9,13H,6-7,10-11H2. The van der Waals surface area contributed by atoms with Gasteiger partial charge < -0.3 is 4.57 Å². The van der Waals surface area contributed by atoms with E-state index < -0.39 is 0 Å². The number of thiophene rings is 1. The molecule has 1 aromatic carbocycles. The molecule has 1 fully saturated rings. The number of thioether (sulfide) groups is 1. The lowest BCUT2D eigenvalue weighted by Gasteiger charge is -2.09. The first kappa shape index (κ1) is 15.4. The Kier molecular flexibility index (Phi) is 4.55. The van der Waals surface area contributed by atoms with Crippen molar-refractivity contribution in [2.45, 2.75) is 36.2 Å². The summed E-state index contributed by atoms with van der Waals surface area (Å²) in [6, 6.07) is 14.8. The van der Waals surface area contributed by atoms with Crippen LogP contribution in [0.15, 0.2) is 51.4 Å². The number of aromatic nitrogens is 3. The van der Waals surface area contributed by atoms with Crippen LogP contribution in [-0.2, 0) is 12.3 Å². The van der Waals surface area contributed by atoms with E-state index in [1.165, 1.54) is 27.1 Å². The van der Waals surface area contributed by atoms with Crippen molar-refractivity contribution in [3.05, 3.63) is 62.5 Å². The largest absolute Gasteiger partial charge is 0.301 e. The van der Waals surface area contributed by atoms with Crippen LogP contribution >= 0.6 is 39.0 Å². The van der Waals surface area contributed by atoms with Gasteiger partial charge in [0.05, 0.1) is 10.3 Å². The third-order valence-corrected chi connectivity index (χ3v) is 6.67. The second kappa shape index (κ2) is 6.79. The van der Waals surface area contributed by atoms with Crippen LogP contribution in [0.4, 0.5) is 0 Å². The molecule has 1 aliphatic rings. The van der Waals surface area contributed by atoms with Crippen molar-refractivity contribution in [1.82, 2.24) is 14.8 Å². The van der Waals surface area contributed by atoms with Crippen molar-refractivity contribution in [3.8, 4) is 0 Å². The Hall–Kier alpha value is -1.11. The van der Waals surface area contributed by atoms with E-state index in [1.54, 1.807) is 23.1 Å². The Bertz CT molecular complexity index is 793. The molecule has 0 atom stereocenters. The van der Waals surface area contributed by atoms with Crippen LogP contribution < -0.4 is 0 Å². The molecule has 2 aromatic heterocycles. The van der Waals surface area contributed by atoms with E-state index in [4.69, 9.17) is 0 Å². The lowest BCUT2D eigenvalue weighted by molar-refractivity contribution is 0.667. The van der Waals surface area contributed by atoms with Crippen molar-refractivity contribution in [3.63, 3.8) is 0 Å². The predicted molar refractivity (Wildman–Crippen MR) is 99.1 cm³/mol. The predicted octanol–water partition coefficient (Wildman–Crippen LogP) is 5.32. The number of rotatable bonds is 6. The maximum absolute atomic E-state index is 4.48. The molecule has 0 aliphatic heterocycles. The van der Waals surface area contributed by atoms with Gasteiger partial charge in [0.1, 0.15) is 5.82 Å². The van der Waals surface area contributed by atoms with E-state index in [2.05, 4.69) is 73.2 Å². The van der Waals surface area contributed by atoms with Gasteiger partial charge in [0.25, 0.3) is 0 Å². The molecule has 118 valence electrons. The first-order valence-corrected chi connectivity index (χ1v) is 10.2. The molecule has 4 rings (SSSR count). The number of benzene rings is 1. The average molecular weight is 406 g/mol. The number of hydrogen-bond acceptors (Lipinski definition) is 4. The molecule has 3 nitrogen and oxygen atoms in total. The summed E-state index contributed by atoms with van der Waals surface area (Å²) in [4.78, 5) is 1.35. The van der Waals surface area contributed by atoms with E-state index in [0.29, 0.717) is 5.92 Å². The zero-order chi connectivity index (χ0) is 15.6. The highest BCUT2D eigenvalue weighted by Crippen LogP contribution is 2.40. The molecule has 23 heavy (non-hydrogen) atoms. The average Bonchev–Trinajstić information content (AvgIpc) is 3.21. The van der Waals surface area contributed by atoms with Gasteiger partial charge >= 0.3 is 0 Å². The molecule has 1 aliphatic carbocycles. The lowest BCUT2D eigenvalue weighted by atomic mass is 10.2. The van der Waals surface area contributed by atoms with Gasteiger partial charge in [0.2, 0.25) is 0 Å². The van der Waals surface area contributed by atoms with E-state index in [9.17, 15) is 0 Å². The molecule has 0 N–H and O–H groups in total. The van der Waals surface area contributed by atoms with Crippen LogP contribution in [0.3, 0.4) is 0 Å². The molecule has 0 radical (unpaired) electrons. The molecule has 6 heteroatoms. The summed E-state index contributed by atoms with van der Waals surface area (Å²) in [5.41, 5.74) is 1.30. The Balaban J connectivity index is 1.56. The second-order valence-electron chi connectivity index (χ2n) is 5.68. The summed E-state index contributed by atoms with van der Waals surface area (Å²) < 4.78 is 3.48. The van der Waals surface area contributed by atoms with Crippen LogP contribution in [-0.4, -0.2) is 14.8 Å². The second-order valence-corrected chi connectivity index (χ2v) is 9.17. The van der Waals surface area contributed by atoms with Gasteiger partial charge in [0, 0.05) is 16.5 Å². The first-order valence-electron chi connectivity index (χ1n) is 7.63. The van der Waals surface area contributed by atoms with Gasteiger partial charge in [0.15, 0.2) is 5.16 Å². The molecule has 0 amide bonds. The number of hydrogen-bond donors (Lipinski definition) is 0. The normalized spacial score (nSPS) is 14.3. The van der Waals surface area contributed by atoms with Crippen LogP contribution in [0.1, 0.15) is 35.0 Å². The molecule has 1 saturated carbocycles. The van der Waals surface area contributed by atoms with Crippen molar-refractivity contribution in [2.24, 2.45) is 0 Å². The van der Waals surface area contributed by atoms with E-state index >= 15 is 0 Å². The van der Waals surface area contributed by atoms with E-state index in [-0.39, 0.29) is 0 Å². The van der Waals surface area contributed by atoms with Crippen molar-refractivity contribution in [1.29, 1.82) is 0 Å². The summed E-state index contributed by atoms with van der Waals surface area (Å²) in [5.74, 6) is 2.70. The Morgan fingerprint density at radius 3 is 2.65 bits per heavy atom. The zero-order valence-electron chi connectivity index (χ0n) is 12.5. The summed E-state index contributed by atoms with van der Waals surface area (Å²) in [5, 5.41) is 9.97. The fourth-order valence-electron chi connectivity index (χ4n) is 2.53. The molecule has 0 saturated heterocycles. The number of halogens is 1. The topological polar surface area (TPSA) is 30.7 Å². The molecule has 0 spiro atoms. The van der Waals surface area contributed by atoms with Crippen molar-refractivity contribution < 1.29 is 0 Å². The minimum Gasteiger partial charge on any atom is -0.301 e. The Labute approximate surface area is 152 Å². The molecular weight excluding hydrogens is 390 g/mol. The fraction of sp³-hybridized carbons (Fsp3) is 0.294. The molecule has 2 heterocycles. The van der Waals surface area contributed by atoms with Crippen LogP contribution in [0.25, 0.3) is 0 Å². The van der Waals surface area contributed by atoms with Gasteiger partial charge in [-0.15, -0.1) is 21.5 Å². The zero-order valence-corrected chi connectivity index (χ0v) is 15.7. The molecular formula is C17H16BrN3S2. The monoisotopic (exact) mass is 405 g/mol. The summed E-state index contributed by atoms with van der Waals surface area (Å²) in [6.45, 7) is 0.857. The molecule has 0 bridgehead atoms. The van der Waals surface area contributed by atoms with Gasteiger partial charge in [-0.2, -0.15) is 0 Å². The van der Waals surface area contributed by atoms with Crippen LogP contribution in [0.2, 0.25) is 0 Å². The van der Waals surface area contributed by atoms with Crippen molar-refractivity contribution in [2.75, 3.05) is 0 Å². The summed E-state index contributed by atoms with van der Waals surface area (Å²) in [6.07, 6.45) is 2.49. The van der Waals surface area contributed by atoms with Crippen molar-refractivity contribution >= 4 is 39.0 Å². The highest BCUT2D eigenvalue weighted by molar-refractivity contribution is 9.11. The minimum atomic E-state index is 0.608. The molecule has 0 unspecified atom stereocenters. The lowest BCUT2D eigenvalue weighted by Crippen LogP contribution is -2.05. The smallest absolute Gasteiger partial charge is 0.191 e. The highest BCUT2D eigenvalue weighted by Gasteiger charge is 2.30. The van der Waals surface area contributed by atoms with E-state index in [1.807, 2.05) is 0 Å². The minimum absolute atomic E-state index is 0.608. The maximum Gasteiger partial charge on any atom is 0.191 e. The molecule has 3 aromatic rings. The van der Waals surface area contributed by atoms with Gasteiger partial charge in [-0.25, -0.2) is 0 Å². The van der Waals surface area contributed by atoms with Crippen LogP contribution in [0, 0.1) is 0 Å². The van der Waals surface area contributed by atoms with Crippen LogP contribution in [0.5, 0.6) is 0 Å².